The molecular formula is C15H21N3OS. The predicted molar refractivity (Wildman–Crippen MR) is 85.6 cm³/mol. The molecular weight excluding hydrogens is 270 g/mol. The Bertz CT molecular complexity index is 451. The Labute approximate surface area is 124 Å². The van der Waals surface area contributed by atoms with E-state index in [1.165, 1.54) is 18.5 Å². The summed E-state index contributed by atoms with van der Waals surface area (Å²) in [5.74, 6) is 2.03. The maximum Gasteiger partial charge on any atom is 0.242 e. The van der Waals surface area contributed by atoms with Gasteiger partial charge in [-0.05, 0) is 37.1 Å². The molecule has 4 nitrogen and oxygen atoms in total. The molecule has 0 radical (unpaired) electrons. The number of amides is 1. The number of nitrogens with one attached hydrogen (secondary N) is 2. The average Bonchev–Trinajstić information content (AvgIpc) is 3.03. The van der Waals surface area contributed by atoms with Crippen molar-refractivity contribution in [2.24, 2.45) is 0 Å². The Kier molecular flexibility index (Phi) is 4.47. The minimum atomic E-state index is -0.0630. The molecule has 0 bridgehead atoms. The van der Waals surface area contributed by atoms with Gasteiger partial charge in [0.15, 0.2) is 0 Å². The maximum absolute atomic E-state index is 12.1. The van der Waals surface area contributed by atoms with Gasteiger partial charge in [0.2, 0.25) is 5.91 Å². The van der Waals surface area contributed by atoms with Gasteiger partial charge in [-0.15, -0.1) is 0 Å². The number of carbonyl (C=O) groups is 1. The van der Waals surface area contributed by atoms with Gasteiger partial charge in [-0.2, -0.15) is 11.8 Å². The molecule has 108 valence electrons. The fourth-order valence-corrected chi connectivity index (χ4v) is 3.63. The summed E-state index contributed by atoms with van der Waals surface area (Å²) in [7, 11) is 0. The third kappa shape index (κ3) is 3.27. The van der Waals surface area contributed by atoms with E-state index >= 15 is 0 Å². The lowest BCUT2D eigenvalue weighted by Crippen LogP contribution is -2.46. The molecule has 5 heteroatoms. The summed E-state index contributed by atoms with van der Waals surface area (Å²) in [6, 6.07) is 8.14. The fraction of sp³-hybridized carbons (Fsp3) is 0.533. The lowest BCUT2D eigenvalue weighted by atomic mass is 10.2. The van der Waals surface area contributed by atoms with E-state index in [1.54, 1.807) is 0 Å². The Morgan fingerprint density at radius 3 is 2.65 bits per heavy atom. The van der Waals surface area contributed by atoms with Gasteiger partial charge in [-0.1, -0.05) is 0 Å². The van der Waals surface area contributed by atoms with Crippen molar-refractivity contribution in [3.05, 3.63) is 24.3 Å². The van der Waals surface area contributed by atoms with Crippen LogP contribution in [0.1, 0.15) is 12.8 Å². The molecule has 1 atom stereocenters. The van der Waals surface area contributed by atoms with Gasteiger partial charge in [0.25, 0.3) is 0 Å². The molecule has 2 heterocycles. The van der Waals surface area contributed by atoms with Crippen LogP contribution in [0.4, 0.5) is 11.4 Å². The van der Waals surface area contributed by atoms with Crippen LogP contribution in [-0.4, -0.2) is 43.1 Å². The zero-order valence-corrected chi connectivity index (χ0v) is 12.4. The lowest BCUT2D eigenvalue weighted by molar-refractivity contribution is -0.117. The van der Waals surface area contributed by atoms with Crippen LogP contribution in [0.3, 0.4) is 0 Å². The fourth-order valence-electron chi connectivity index (χ4n) is 2.69. The molecule has 0 spiro atoms. The summed E-state index contributed by atoms with van der Waals surface area (Å²) in [5.41, 5.74) is 2.14. The van der Waals surface area contributed by atoms with E-state index in [4.69, 9.17) is 0 Å². The number of carbonyl (C=O) groups excluding carboxylic acids is 1. The highest BCUT2D eigenvalue weighted by Gasteiger charge is 2.20. The summed E-state index contributed by atoms with van der Waals surface area (Å²) in [4.78, 5) is 14.5. The molecule has 2 N–H and O–H groups in total. The zero-order chi connectivity index (χ0) is 13.8. The van der Waals surface area contributed by atoms with Crippen molar-refractivity contribution in [1.82, 2.24) is 5.32 Å². The standard InChI is InChI=1S/C15H21N3OS/c19-15(14-11-20-10-7-16-14)17-12-3-5-13(6-4-12)18-8-1-2-9-18/h3-6,14,16H,1-2,7-11H2,(H,17,19). The highest BCUT2D eigenvalue weighted by molar-refractivity contribution is 7.99. The average molecular weight is 291 g/mol. The minimum absolute atomic E-state index is 0.0630. The predicted octanol–water partition coefficient (Wildman–Crippen LogP) is 1.93. The smallest absolute Gasteiger partial charge is 0.242 e. The monoisotopic (exact) mass is 291 g/mol. The molecule has 0 aliphatic carbocycles. The Balaban J connectivity index is 1.58. The molecule has 2 saturated heterocycles. The van der Waals surface area contributed by atoms with Gasteiger partial charge >= 0.3 is 0 Å². The first-order valence-electron chi connectivity index (χ1n) is 7.30. The number of thioether (sulfide) groups is 1. The third-order valence-corrected chi connectivity index (χ3v) is 4.91. The first kappa shape index (κ1) is 13.8. The van der Waals surface area contributed by atoms with Gasteiger partial charge in [0, 0.05) is 42.5 Å². The summed E-state index contributed by atoms with van der Waals surface area (Å²) in [6.45, 7) is 3.21. The Morgan fingerprint density at radius 1 is 1.25 bits per heavy atom. The molecule has 1 amide bonds. The molecule has 20 heavy (non-hydrogen) atoms. The van der Waals surface area contributed by atoms with Crippen molar-refractivity contribution in [1.29, 1.82) is 0 Å². The van der Waals surface area contributed by atoms with Gasteiger partial charge in [0.1, 0.15) is 0 Å². The topological polar surface area (TPSA) is 44.4 Å². The third-order valence-electron chi connectivity index (χ3n) is 3.84. The first-order valence-corrected chi connectivity index (χ1v) is 8.45. The van der Waals surface area contributed by atoms with Gasteiger partial charge in [0.05, 0.1) is 6.04 Å². The second-order valence-corrected chi connectivity index (χ2v) is 6.46. The van der Waals surface area contributed by atoms with Crippen molar-refractivity contribution in [2.45, 2.75) is 18.9 Å². The minimum Gasteiger partial charge on any atom is -0.372 e. The van der Waals surface area contributed by atoms with Crippen LogP contribution < -0.4 is 15.5 Å². The molecule has 2 aliphatic heterocycles. The number of hydrogen-bond donors (Lipinski definition) is 2. The van der Waals surface area contributed by atoms with Crippen molar-refractivity contribution in [3.8, 4) is 0 Å². The molecule has 1 aromatic carbocycles. The van der Waals surface area contributed by atoms with Crippen LogP contribution in [0.25, 0.3) is 0 Å². The summed E-state index contributed by atoms with van der Waals surface area (Å²) in [6.07, 6.45) is 2.56. The van der Waals surface area contributed by atoms with Gasteiger partial charge in [-0.25, -0.2) is 0 Å². The van der Waals surface area contributed by atoms with E-state index in [0.717, 1.165) is 36.8 Å². The number of hydrogen-bond acceptors (Lipinski definition) is 4. The van der Waals surface area contributed by atoms with Crippen molar-refractivity contribution in [2.75, 3.05) is 41.4 Å². The number of nitrogens with zero attached hydrogens (tertiary/aromatic N) is 1. The summed E-state index contributed by atoms with van der Waals surface area (Å²) >= 11 is 1.83. The lowest BCUT2D eigenvalue weighted by Gasteiger charge is -2.22. The molecule has 2 aliphatic rings. The Hall–Kier alpha value is -1.20. The summed E-state index contributed by atoms with van der Waals surface area (Å²) < 4.78 is 0. The van der Waals surface area contributed by atoms with Gasteiger partial charge in [-0.3, -0.25) is 4.79 Å². The molecule has 3 rings (SSSR count). The van der Waals surface area contributed by atoms with E-state index in [2.05, 4.69) is 27.7 Å². The second kappa shape index (κ2) is 6.50. The molecule has 1 unspecified atom stereocenters. The van der Waals surface area contributed by atoms with Crippen LogP contribution in [0.15, 0.2) is 24.3 Å². The maximum atomic E-state index is 12.1. The first-order chi connectivity index (χ1) is 9.83. The van der Waals surface area contributed by atoms with Crippen molar-refractivity contribution >= 4 is 29.0 Å². The number of rotatable bonds is 3. The van der Waals surface area contributed by atoms with Crippen LogP contribution >= 0.6 is 11.8 Å². The highest BCUT2D eigenvalue weighted by Crippen LogP contribution is 2.22. The molecule has 2 fully saturated rings. The largest absolute Gasteiger partial charge is 0.372 e. The van der Waals surface area contributed by atoms with E-state index in [-0.39, 0.29) is 11.9 Å². The highest BCUT2D eigenvalue weighted by atomic mass is 32.2. The molecule has 0 aromatic heterocycles. The quantitative estimate of drug-likeness (QED) is 0.893. The van der Waals surface area contributed by atoms with Crippen LogP contribution in [-0.2, 0) is 4.79 Å². The van der Waals surface area contributed by atoms with E-state index in [1.807, 2.05) is 23.9 Å². The van der Waals surface area contributed by atoms with E-state index in [0.29, 0.717) is 0 Å². The van der Waals surface area contributed by atoms with E-state index < -0.39 is 0 Å². The van der Waals surface area contributed by atoms with E-state index in [9.17, 15) is 4.79 Å². The van der Waals surface area contributed by atoms with Crippen molar-refractivity contribution in [3.63, 3.8) is 0 Å². The summed E-state index contributed by atoms with van der Waals surface area (Å²) in [5, 5.41) is 6.25. The SMILES string of the molecule is O=C(Nc1ccc(N2CCCC2)cc1)C1CSCCN1. The van der Waals surface area contributed by atoms with Crippen LogP contribution in [0.2, 0.25) is 0 Å². The zero-order valence-electron chi connectivity index (χ0n) is 11.6. The Morgan fingerprint density at radius 2 is 2.00 bits per heavy atom. The van der Waals surface area contributed by atoms with Gasteiger partial charge < -0.3 is 15.5 Å². The number of benzene rings is 1. The van der Waals surface area contributed by atoms with Crippen LogP contribution in [0.5, 0.6) is 0 Å². The van der Waals surface area contributed by atoms with Crippen LogP contribution in [0, 0.1) is 0 Å². The normalized spacial score (nSPS) is 22.8. The molecule has 1 aromatic rings. The number of anilines is 2. The second-order valence-electron chi connectivity index (χ2n) is 5.31. The van der Waals surface area contributed by atoms with Crippen molar-refractivity contribution < 1.29 is 4.79 Å². The molecule has 0 saturated carbocycles.